The van der Waals surface area contributed by atoms with Gasteiger partial charge >= 0.3 is 5.97 Å². The Morgan fingerprint density at radius 1 is 0.949 bits per heavy atom. The van der Waals surface area contributed by atoms with Crippen molar-refractivity contribution in [2.24, 2.45) is 0 Å². The van der Waals surface area contributed by atoms with Gasteiger partial charge in [-0.1, -0.05) is 53.7 Å². The van der Waals surface area contributed by atoms with Crippen LogP contribution in [0.2, 0.25) is 0 Å². The van der Waals surface area contributed by atoms with Gasteiger partial charge in [-0.25, -0.2) is 9.78 Å². The first-order chi connectivity index (χ1) is 19.1. The molecule has 1 aliphatic carbocycles. The van der Waals surface area contributed by atoms with Gasteiger partial charge in [-0.05, 0) is 53.8 Å². The van der Waals surface area contributed by atoms with Crippen LogP contribution in [0.15, 0.2) is 77.3 Å². The summed E-state index contributed by atoms with van der Waals surface area (Å²) in [6.07, 6.45) is 3.64. The van der Waals surface area contributed by atoms with Crippen molar-refractivity contribution in [3.05, 3.63) is 101 Å². The SMILES string of the molecule is COc1ccc(-c2noc(COC(=O)c3c4c(nc5ccccc35)/C(=C/c3ccccc3)CC4)n2)c(OC)c1. The molecule has 194 valence electrons. The van der Waals surface area contributed by atoms with Crippen LogP contribution in [-0.4, -0.2) is 35.3 Å². The fraction of sp³-hybridized carbons (Fsp3) is 0.161. The van der Waals surface area contributed by atoms with Crippen molar-refractivity contribution < 1.29 is 23.5 Å². The predicted octanol–water partition coefficient (Wildman–Crippen LogP) is 6.15. The van der Waals surface area contributed by atoms with Crippen molar-refractivity contribution in [3.8, 4) is 22.9 Å². The van der Waals surface area contributed by atoms with Crippen LogP contribution in [-0.2, 0) is 17.8 Å². The Labute approximate surface area is 224 Å². The number of nitrogens with zero attached hydrogens (tertiary/aromatic N) is 3. The number of ether oxygens (including phenoxy) is 3. The first-order valence-corrected chi connectivity index (χ1v) is 12.5. The van der Waals surface area contributed by atoms with Gasteiger partial charge in [0, 0.05) is 11.5 Å². The number of fused-ring (bicyclic) bond motifs is 2. The first-order valence-electron chi connectivity index (χ1n) is 12.5. The minimum absolute atomic E-state index is 0.164. The quantitative estimate of drug-likeness (QED) is 0.236. The summed E-state index contributed by atoms with van der Waals surface area (Å²) in [4.78, 5) is 22.8. The summed E-state index contributed by atoms with van der Waals surface area (Å²) in [5.41, 5.74) is 5.85. The fourth-order valence-corrected chi connectivity index (χ4v) is 4.87. The molecular weight excluding hydrogens is 494 g/mol. The van der Waals surface area contributed by atoms with Crippen molar-refractivity contribution in [1.82, 2.24) is 15.1 Å². The van der Waals surface area contributed by atoms with Crippen molar-refractivity contribution in [2.75, 3.05) is 14.2 Å². The highest BCUT2D eigenvalue weighted by atomic mass is 16.6. The van der Waals surface area contributed by atoms with E-state index in [1.54, 1.807) is 32.4 Å². The average Bonchev–Trinajstić information content (AvgIpc) is 3.62. The van der Waals surface area contributed by atoms with Gasteiger partial charge in [0.15, 0.2) is 6.61 Å². The van der Waals surface area contributed by atoms with Crippen LogP contribution in [0.3, 0.4) is 0 Å². The normalized spacial score (nSPS) is 13.4. The molecule has 0 N–H and O–H groups in total. The van der Waals surface area contributed by atoms with E-state index in [1.807, 2.05) is 42.5 Å². The van der Waals surface area contributed by atoms with Gasteiger partial charge in [-0.2, -0.15) is 4.98 Å². The number of carbonyl (C=O) groups is 1. The number of hydrogen-bond donors (Lipinski definition) is 0. The van der Waals surface area contributed by atoms with Crippen molar-refractivity contribution in [1.29, 1.82) is 0 Å². The molecule has 8 nitrogen and oxygen atoms in total. The zero-order valence-electron chi connectivity index (χ0n) is 21.5. The molecule has 0 saturated heterocycles. The highest BCUT2D eigenvalue weighted by molar-refractivity contribution is 6.07. The number of pyridine rings is 1. The van der Waals surface area contributed by atoms with Gasteiger partial charge in [0.05, 0.1) is 36.6 Å². The maximum absolute atomic E-state index is 13.5. The highest BCUT2D eigenvalue weighted by Crippen LogP contribution is 2.38. The summed E-state index contributed by atoms with van der Waals surface area (Å²) in [6.45, 7) is -0.164. The minimum atomic E-state index is -0.451. The number of para-hydroxylation sites is 1. The molecule has 2 aromatic heterocycles. The molecule has 6 rings (SSSR count). The van der Waals surface area contributed by atoms with Gasteiger partial charge in [0.25, 0.3) is 5.89 Å². The fourth-order valence-electron chi connectivity index (χ4n) is 4.87. The van der Waals surface area contributed by atoms with E-state index in [1.165, 1.54) is 0 Å². The summed E-state index contributed by atoms with van der Waals surface area (Å²) < 4.78 is 21.8. The molecule has 0 bridgehead atoms. The molecule has 1 aliphatic rings. The highest BCUT2D eigenvalue weighted by Gasteiger charge is 2.28. The molecule has 3 aromatic carbocycles. The summed E-state index contributed by atoms with van der Waals surface area (Å²) in [7, 11) is 3.13. The Bertz CT molecular complexity index is 1710. The van der Waals surface area contributed by atoms with Crippen LogP contribution in [0.1, 0.15) is 39.5 Å². The zero-order valence-corrected chi connectivity index (χ0v) is 21.5. The second kappa shape index (κ2) is 10.4. The molecule has 2 heterocycles. The lowest BCUT2D eigenvalue weighted by Crippen LogP contribution is -2.10. The summed E-state index contributed by atoms with van der Waals surface area (Å²) in [6, 6.07) is 23.0. The van der Waals surface area contributed by atoms with E-state index in [-0.39, 0.29) is 12.5 Å². The number of aromatic nitrogens is 3. The third kappa shape index (κ3) is 4.72. The van der Waals surface area contributed by atoms with E-state index in [2.05, 4.69) is 28.3 Å². The van der Waals surface area contributed by atoms with Crippen LogP contribution in [0.5, 0.6) is 11.5 Å². The molecule has 0 radical (unpaired) electrons. The molecule has 8 heteroatoms. The smallest absolute Gasteiger partial charge is 0.339 e. The zero-order chi connectivity index (χ0) is 26.8. The first kappa shape index (κ1) is 24.4. The monoisotopic (exact) mass is 519 g/mol. The molecule has 0 fully saturated rings. The van der Waals surface area contributed by atoms with E-state index in [4.69, 9.17) is 23.7 Å². The lowest BCUT2D eigenvalue weighted by Gasteiger charge is -2.11. The molecule has 39 heavy (non-hydrogen) atoms. The lowest BCUT2D eigenvalue weighted by atomic mass is 10.0. The number of methoxy groups -OCH3 is 2. The Morgan fingerprint density at radius 2 is 1.77 bits per heavy atom. The summed E-state index contributed by atoms with van der Waals surface area (Å²) in [5, 5.41) is 4.80. The molecule has 0 spiro atoms. The molecule has 5 aromatic rings. The number of benzene rings is 3. The minimum Gasteiger partial charge on any atom is -0.497 e. The molecule has 0 unspecified atom stereocenters. The van der Waals surface area contributed by atoms with E-state index in [9.17, 15) is 4.79 Å². The molecule has 0 saturated carbocycles. The maximum atomic E-state index is 13.5. The number of carbonyl (C=O) groups excluding carboxylic acids is 1. The second-order valence-corrected chi connectivity index (χ2v) is 9.07. The van der Waals surface area contributed by atoms with Crippen molar-refractivity contribution in [2.45, 2.75) is 19.4 Å². The molecule has 0 atom stereocenters. The van der Waals surface area contributed by atoms with Gasteiger partial charge in [0.1, 0.15) is 11.5 Å². The standard InChI is InChI=1S/C31H25N3O5/c1-36-21-13-15-23(26(17-21)37-2)30-33-27(39-34-30)18-38-31(35)28-22-10-6-7-11-25(22)32-29-20(12-14-24(28)29)16-19-8-4-3-5-9-19/h3-11,13,15-17H,12,14,18H2,1-2H3/b20-16+. The van der Waals surface area contributed by atoms with Crippen LogP contribution < -0.4 is 9.47 Å². The topological polar surface area (TPSA) is 96.6 Å². The Balaban J connectivity index is 1.28. The van der Waals surface area contributed by atoms with Crippen LogP contribution >= 0.6 is 0 Å². The maximum Gasteiger partial charge on any atom is 0.339 e. The predicted molar refractivity (Wildman–Crippen MR) is 146 cm³/mol. The average molecular weight is 520 g/mol. The van der Waals surface area contributed by atoms with Crippen LogP contribution in [0.4, 0.5) is 0 Å². The summed E-state index contributed by atoms with van der Waals surface area (Å²) in [5.74, 6) is 1.24. The number of rotatable bonds is 7. The molecule has 0 amide bonds. The van der Waals surface area contributed by atoms with Gasteiger partial charge in [-0.3, -0.25) is 0 Å². The Hall–Kier alpha value is -4.98. The molecular formula is C31H25N3O5. The van der Waals surface area contributed by atoms with Gasteiger partial charge < -0.3 is 18.7 Å². The van der Waals surface area contributed by atoms with Crippen molar-refractivity contribution >= 4 is 28.5 Å². The van der Waals surface area contributed by atoms with Gasteiger partial charge in [-0.15, -0.1) is 0 Å². The number of allylic oxidation sites excluding steroid dienone is 1. The largest absolute Gasteiger partial charge is 0.497 e. The van der Waals surface area contributed by atoms with E-state index in [0.29, 0.717) is 34.9 Å². The summed E-state index contributed by atoms with van der Waals surface area (Å²) >= 11 is 0. The molecule has 0 aliphatic heterocycles. The third-order valence-corrected chi connectivity index (χ3v) is 6.73. The van der Waals surface area contributed by atoms with Crippen molar-refractivity contribution in [3.63, 3.8) is 0 Å². The Kier molecular flexibility index (Phi) is 6.50. The number of hydrogen-bond acceptors (Lipinski definition) is 8. The van der Waals surface area contributed by atoms with E-state index < -0.39 is 5.97 Å². The van der Waals surface area contributed by atoms with Crippen LogP contribution in [0.25, 0.3) is 33.9 Å². The van der Waals surface area contributed by atoms with E-state index >= 15 is 0 Å². The van der Waals surface area contributed by atoms with Crippen LogP contribution in [0, 0.1) is 0 Å². The number of esters is 1. The lowest BCUT2D eigenvalue weighted by molar-refractivity contribution is 0.0431. The van der Waals surface area contributed by atoms with E-state index in [0.717, 1.165) is 39.7 Å². The van der Waals surface area contributed by atoms with Gasteiger partial charge in [0.2, 0.25) is 5.82 Å². The second-order valence-electron chi connectivity index (χ2n) is 9.07. The Morgan fingerprint density at radius 3 is 2.59 bits per heavy atom. The third-order valence-electron chi connectivity index (χ3n) is 6.73.